The van der Waals surface area contributed by atoms with E-state index in [0.29, 0.717) is 34.0 Å². The predicted molar refractivity (Wildman–Crippen MR) is 142 cm³/mol. The average Bonchev–Trinajstić information content (AvgIpc) is 3.05. The van der Waals surface area contributed by atoms with Crippen LogP contribution in [0.4, 0.5) is 0 Å². The Bertz CT molecular complexity index is 851. The van der Waals surface area contributed by atoms with Gasteiger partial charge in [0, 0.05) is 6.92 Å². The molecule has 34 heavy (non-hydrogen) atoms. The first-order valence-electron chi connectivity index (χ1n) is 14.4. The van der Waals surface area contributed by atoms with Crippen molar-refractivity contribution in [3.63, 3.8) is 0 Å². The lowest BCUT2D eigenvalue weighted by Crippen LogP contribution is -2.52. The largest absolute Gasteiger partial charge is 0.462 e. The standard InChI is InChI=1S/C32H52O2/c1-20(2)21(3)10-11-22(4)25-14-18-32(9)28-13-12-26-23(5)29(34-24(6)33)16-17-30(26,7)27(28)15-19-31(25,32)8/h20,22-23,25-26,29H,3,10-19H2,1-2,4-9H3/t22-,23+,25+,26-,29+,30+,31-,32+/m1/s1. The molecular formula is C32H52O2. The minimum Gasteiger partial charge on any atom is -0.462 e. The third-order valence-electron chi connectivity index (χ3n) is 12.1. The summed E-state index contributed by atoms with van der Waals surface area (Å²) >= 11 is 0. The van der Waals surface area contributed by atoms with Gasteiger partial charge in [0.15, 0.2) is 0 Å². The van der Waals surface area contributed by atoms with E-state index in [9.17, 15) is 4.79 Å². The Labute approximate surface area is 210 Å². The first-order valence-corrected chi connectivity index (χ1v) is 14.4. The maximum absolute atomic E-state index is 11.7. The van der Waals surface area contributed by atoms with Crippen LogP contribution in [0.15, 0.2) is 23.3 Å². The number of carbonyl (C=O) groups excluding carboxylic acids is 1. The van der Waals surface area contributed by atoms with Crippen LogP contribution in [0.1, 0.15) is 120 Å². The van der Waals surface area contributed by atoms with Crippen LogP contribution >= 0.6 is 0 Å². The van der Waals surface area contributed by atoms with E-state index in [0.717, 1.165) is 18.3 Å². The van der Waals surface area contributed by atoms with E-state index in [4.69, 9.17) is 4.74 Å². The van der Waals surface area contributed by atoms with Crippen molar-refractivity contribution in [1.29, 1.82) is 0 Å². The first-order chi connectivity index (χ1) is 15.8. The second-order valence-electron chi connectivity index (χ2n) is 13.8. The van der Waals surface area contributed by atoms with Gasteiger partial charge < -0.3 is 4.74 Å². The number of hydrogen-bond acceptors (Lipinski definition) is 2. The Morgan fingerprint density at radius 3 is 2.38 bits per heavy atom. The zero-order valence-corrected chi connectivity index (χ0v) is 23.6. The van der Waals surface area contributed by atoms with Gasteiger partial charge in [-0.2, -0.15) is 0 Å². The molecule has 0 unspecified atom stereocenters. The third kappa shape index (κ3) is 3.94. The van der Waals surface area contributed by atoms with Gasteiger partial charge in [-0.05, 0) is 110 Å². The van der Waals surface area contributed by atoms with Gasteiger partial charge in [-0.15, -0.1) is 0 Å². The molecule has 0 heterocycles. The lowest BCUT2D eigenvalue weighted by Gasteiger charge is -2.60. The number of allylic oxidation sites excluding steroid dienone is 3. The van der Waals surface area contributed by atoms with Crippen molar-refractivity contribution >= 4 is 5.97 Å². The highest BCUT2D eigenvalue weighted by Gasteiger charge is 2.62. The Morgan fingerprint density at radius 2 is 1.74 bits per heavy atom. The highest BCUT2D eigenvalue weighted by atomic mass is 16.5. The maximum Gasteiger partial charge on any atom is 0.302 e. The lowest BCUT2D eigenvalue weighted by atomic mass is 9.45. The van der Waals surface area contributed by atoms with E-state index in [1.807, 2.05) is 11.1 Å². The maximum atomic E-state index is 11.7. The van der Waals surface area contributed by atoms with Gasteiger partial charge >= 0.3 is 5.97 Å². The summed E-state index contributed by atoms with van der Waals surface area (Å²) in [6.07, 6.45) is 12.8. The van der Waals surface area contributed by atoms with Crippen LogP contribution in [0.2, 0.25) is 0 Å². The van der Waals surface area contributed by atoms with E-state index in [1.165, 1.54) is 63.4 Å². The number of ether oxygens (including phenoxy) is 1. The van der Waals surface area contributed by atoms with Crippen LogP contribution in [0.25, 0.3) is 0 Å². The van der Waals surface area contributed by atoms with Crippen molar-refractivity contribution in [2.45, 2.75) is 126 Å². The summed E-state index contributed by atoms with van der Waals surface area (Å²) in [7, 11) is 0. The fourth-order valence-electron chi connectivity index (χ4n) is 9.52. The van der Waals surface area contributed by atoms with Crippen LogP contribution in [0.5, 0.6) is 0 Å². The molecule has 0 spiro atoms. The van der Waals surface area contributed by atoms with Crippen molar-refractivity contribution in [3.8, 4) is 0 Å². The molecule has 4 aliphatic carbocycles. The summed E-state index contributed by atoms with van der Waals surface area (Å²) in [5, 5.41) is 0. The molecular weight excluding hydrogens is 416 g/mol. The van der Waals surface area contributed by atoms with E-state index < -0.39 is 0 Å². The lowest BCUT2D eigenvalue weighted by molar-refractivity contribution is -0.155. The molecule has 0 aliphatic heterocycles. The molecule has 0 amide bonds. The molecule has 2 heteroatoms. The minimum absolute atomic E-state index is 0.111. The van der Waals surface area contributed by atoms with E-state index in [2.05, 4.69) is 55.0 Å². The Kier molecular flexibility index (Phi) is 6.98. The van der Waals surface area contributed by atoms with Gasteiger partial charge in [0.25, 0.3) is 0 Å². The van der Waals surface area contributed by atoms with Crippen LogP contribution < -0.4 is 0 Å². The molecule has 0 aromatic heterocycles. The summed E-state index contributed by atoms with van der Waals surface area (Å²) < 4.78 is 5.77. The molecule has 8 atom stereocenters. The van der Waals surface area contributed by atoms with Crippen molar-refractivity contribution < 1.29 is 9.53 Å². The molecule has 0 N–H and O–H groups in total. The Morgan fingerprint density at radius 1 is 1.03 bits per heavy atom. The summed E-state index contributed by atoms with van der Waals surface area (Å²) in [6.45, 7) is 23.3. The highest BCUT2D eigenvalue weighted by Crippen LogP contribution is 2.71. The average molecular weight is 469 g/mol. The quantitative estimate of drug-likeness (QED) is 0.287. The summed E-state index contributed by atoms with van der Waals surface area (Å²) in [5.41, 5.74) is 6.20. The highest BCUT2D eigenvalue weighted by molar-refractivity contribution is 5.66. The number of esters is 1. The van der Waals surface area contributed by atoms with Crippen molar-refractivity contribution in [3.05, 3.63) is 23.3 Å². The normalized spacial score (nSPS) is 42.6. The molecule has 2 saturated carbocycles. The Hall–Kier alpha value is -1.05. The van der Waals surface area contributed by atoms with Crippen LogP contribution in [-0.2, 0) is 9.53 Å². The molecule has 0 radical (unpaired) electrons. The molecule has 2 nitrogen and oxygen atoms in total. The Balaban J connectivity index is 1.58. The molecule has 0 bridgehead atoms. The molecule has 192 valence electrons. The fraction of sp³-hybridized carbons (Fsp3) is 0.844. The van der Waals surface area contributed by atoms with Gasteiger partial charge in [-0.3, -0.25) is 4.79 Å². The van der Waals surface area contributed by atoms with Gasteiger partial charge in [0.2, 0.25) is 0 Å². The fourth-order valence-corrected chi connectivity index (χ4v) is 9.52. The smallest absolute Gasteiger partial charge is 0.302 e. The molecule has 0 aromatic rings. The third-order valence-corrected chi connectivity index (χ3v) is 12.1. The van der Waals surface area contributed by atoms with Gasteiger partial charge in [0.05, 0.1) is 0 Å². The SMILES string of the molecule is C=C(CC[C@@H](C)[C@@H]1CC[C@@]2(C)C3=C(CC[C@]12C)[C@@]1(C)CC[C@H](OC(C)=O)[C@@H](C)[C@H]1CC3)C(C)C. The van der Waals surface area contributed by atoms with Crippen LogP contribution in [0.3, 0.4) is 0 Å². The van der Waals surface area contributed by atoms with Crippen molar-refractivity contribution in [2.24, 2.45) is 45.8 Å². The first kappa shape index (κ1) is 26.0. The molecule has 2 fully saturated rings. The molecule has 4 rings (SSSR count). The van der Waals surface area contributed by atoms with E-state index in [1.54, 1.807) is 6.92 Å². The zero-order valence-electron chi connectivity index (χ0n) is 23.6. The zero-order chi connectivity index (χ0) is 25.1. The van der Waals surface area contributed by atoms with Crippen molar-refractivity contribution in [1.82, 2.24) is 0 Å². The summed E-state index contributed by atoms with van der Waals surface area (Å²) in [5.74, 6) is 3.21. The number of rotatable bonds is 6. The number of hydrogen-bond donors (Lipinski definition) is 0. The molecule has 0 aromatic carbocycles. The topological polar surface area (TPSA) is 26.3 Å². The predicted octanol–water partition coefficient (Wildman–Crippen LogP) is 8.91. The van der Waals surface area contributed by atoms with Gasteiger partial charge in [-0.1, -0.05) is 71.8 Å². The second-order valence-corrected chi connectivity index (χ2v) is 13.8. The van der Waals surface area contributed by atoms with Crippen molar-refractivity contribution in [2.75, 3.05) is 0 Å². The van der Waals surface area contributed by atoms with Crippen LogP contribution in [-0.4, -0.2) is 12.1 Å². The molecule has 4 aliphatic rings. The number of fused-ring (bicyclic) bond motifs is 4. The molecule has 0 saturated heterocycles. The summed E-state index contributed by atoms with van der Waals surface area (Å²) in [6, 6.07) is 0. The van der Waals surface area contributed by atoms with Gasteiger partial charge in [-0.25, -0.2) is 0 Å². The van der Waals surface area contributed by atoms with Crippen LogP contribution in [0, 0.1) is 45.8 Å². The second kappa shape index (κ2) is 9.11. The summed E-state index contributed by atoms with van der Waals surface area (Å²) in [4.78, 5) is 11.7. The van der Waals surface area contributed by atoms with Gasteiger partial charge in [0.1, 0.15) is 6.10 Å². The minimum atomic E-state index is -0.111. The monoisotopic (exact) mass is 468 g/mol. The number of carbonyl (C=O) groups is 1. The van der Waals surface area contributed by atoms with E-state index in [-0.39, 0.29) is 12.1 Å². The van der Waals surface area contributed by atoms with E-state index >= 15 is 0 Å².